The van der Waals surface area contributed by atoms with Crippen LogP contribution in [-0.2, 0) is 14.3 Å². The Morgan fingerprint density at radius 3 is 2.58 bits per heavy atom. The van der Waals surface area contributed by atoms with E-state index in [0.717, 1.165) is 12.8 Å². The van der Waals surface area contributed by atoms with E-state index in [4.69, 9.17) is 4.74 Å². The number of carbonyl (C=O) groups excluding carboxylic acids is 2. The van der Waals surface area contributed by atoms with Crippen molar-refractivity contribution in [2.45, 2.75) is 31.4 Å². The van der Waals surface area contributed by atoms with Gasteiger partial charge < -0.3 is 19.9 Å². The highest BCUT2D eigenvalue weighted by molar-refractivity contribution is 5.97. The van der Waals surface area contributed by atoms with Crippen LogP contribution in [0.3, 0.4) is 0 Å². The van der Waals surface area contributed by atoms with Crippen LogP contribution in [0.1, 0.15) is 29.6 Å². The standard InChI is InChI=1S/C16H20N2O6/c1-23-16(22)17-11-6-4-10(5-7-11)14(19)18-13(15(20)21)9-12-3-2-8-24-12/h4-7,12-13H,2-3,8-9H2,1H3,(H,17,22)(H,18,19)(H,20,21)/t12-,13?/m0/s1. The Balaban J connectivity index is 1.96. The summed E-state index contributed by atoms with van der Waals surface area (Å²) in [6.07, 6.45) is 1.18. The summed E-state index contributed by atoms with van der Waals surface area (Å²) in [5, 5.41) is 14.2. The van der Waals surface area contributed by atoms with Crippen molar-refractivity contribution < 1.29 is 29.0 Å². The van der Waals surface area contributed by atoms with E-state index in [-0.39, 0.29) is 12.5 Å². The Kier molecular flexibility index (Phi) is 6.14. The number of benzene rings is 1. The second kappa shape index (κ2) is 8.30. The summed E-state index contributed by atoms with van der Waals surface area (Å²) in [5.74, 6) is -1.59. The largest absolute Gasteiger partial charge is 0.480 e. The highest BCUT2D eigenvalue weighted by Gasteiger charge is 2.27. The Labute approximate surface area is 139 Å². The first-order valence-corrected chi connectivity index (χ1v) is 7.60. The number of amides is 2. The molecule has 130 valence electrons. The van der Waals surface area contributed by atoms with Crippen LogP contribution in [0.5, 0.6) is 0 Å². The molecular weight excluding hydrogens is 316 g/mol. The SMILES string of the molecule is COC(=O)Nc1ccc(C(=O)NC(C[C@@H]2CCCO2)C(=O)O)cc1. The Hall–Kier alpha value is -2.61. The van der Waals surface area contributed by atoms with Crippen molar-refractivity contribution >= 4 is 23.7 Å². The van der Waals surface area contributed by atoms with Crippen LogP contribution in [0.15, 0.2) is 24.3 Å². The number of ether oxygens (including phenoxy) is 2. The third-order valence-corrected chi connectivity index (χ3v) is 3.70. The molecule has 2 rings (SSSR count). The molecule has 1 fully saturated rings. The molecule has 8 heteroatoms. The van der Waals surface area contributed by atoms with Crippen molar-refractivity contribution in [2.75, 3.05) is 19.0 Å². The molecule has 0 radical (unpaired) electrons. The van der Waals surface area contributed by atoms with E-state index in [1.165, 1.54) is 31.4 Å². The summed E-state index contributed by atoms with van der Waals surface area (Å²) in [6, 6.07) is 5.04. The van der Waals surface area contributed by atoms with Crippen LogP contribution in [0.2, 0.25) is 0 Å². The highest BCUT2D eigenvalue weighted by Crippen LogP contribution is 2.17. The van der Waals surface area contributed by atoms with E-state index in [1.807, 2.05) is 0 Å². The quantitative estimate of drug-likeness (QED) is 0.727. The number of methoxy groups -OCH3 is 1. The van der Waals surface area contributed by atoms with Crippen molar-refractivity contribution in [3.63, 3.8) is 0 Å². The van der Waals surface area contributed by atoms with Crippen molar-refractivity contribution in [2.24, 2.45) is 0 Å². The first-order valence-electron chi connectivity index (χ1n) is 7.60. The van der Waals surface area contributed by atoms with Gasteiger partial charge in [-0.05, 0) is 37.1 Å². The lowest BCUT2D eigenvalue weighted by atomic mass is 10.1. The second-order valence-corrected chi connectivity index (χ2v) is 5.43. The zero-order valence-electron chi connectivity index (χ0n) is 13.3. The van der Waals surface area contributed by atoms with Gasteiger partial charge in [0.2, 0.25) is 0 Å². The van der Waals surface area contributed by atoms with Crippen LogP contribution < -0.4 is 10.6 Å². The Morgan fingerprint density at radius 2 is 2.04 bits per heavy atom. The summed E-state index contributed by atoms with van der Waals surface area (Å²) in [7, 11) is 1.25. The van der Waals surface area contributed by atoms with Gasteiger partial charge in [-0.3, -0.25) is 10.1 Å². The molecule has 2 atom stereocenters. The number of rotatable bonds is 6. The smallest absolute Gasteiger partial charge is 0.411 e. The summed E-state index contributed by atoms with van der Waals surface area (Å²) in [5.41, 5.74) is 0.761. The zero-order valence-corrected chi connectivity index (χ0v) is 13.3. The molecule has 0 aromatic heterocycles. The van der Waals surface area contributed by atoms with Gasteiger partial charge in [-0.2, -0.15) is 0 Å². The lowest BCUT2D eigenvalue weighted by Gasteiger charge is -2.18. The minimum Gasteiger partial charge on any atom is -0.480 e. The zero-order chi connectivity index (χ0) is 17.5. The topological polar surface area (TPSA) is 114 Å². The monoisotopic (exact) mass is 336 g/mol. The Morgan fingerprint density at radius 1 is 1.33 bits per heavy atom. The van der Waals surface area contributed by atoms with Crippen molar-refractivity contribution in [1.29, 1.82) is 0 Å². The number of aliphatic carboxylic acids is 1. The van der Waals surface area contributed by atoms with Gasteiger partial charge >= 0.3 is 12.1 Å². The van der Waals surface area contributed by atoms with E-state index >= 15 is 0 Å². The molecule has 1 aliphatic rings. The van der Waals surface area contributed by atoms with Crippen molar-refractivity contribution in [3.8, 4) is 0 Å². The van der Waals surface area contributed by atoms with E-state index in [2.05, 4.69) is 15.4 Å². The number of hydrogen-bond acceptors (Lipinski definition) is 5. The number of carbonyl (C=O) groups is 3. The van der Waals surface area contributed by atoms with Gasteiger partial charge in [-0.15, -0.1) is 0 Å². The molecule has 1 aromatic carbocycles. The first-order chi connectivity index (χ1) is 11.5. The van der Waals surface area contributed by atoms with Crippen LogP contribution in [0.4, 0.5) is 10.5 Å². The first kappa shape index (κ1) is 17.7. The molecule has 1 aromatic rings. The number of anilines is 1. The van der Waals surface area contributed by atoms with E-state index in [1.54, 1.807) is 0 Å². The summed E-state index contributed by atoms with van der Waals surface area (Å²) in [4.78, 5) is 34.6. The van der Waals surface area contributed by atoms with Gasteiger partial charge in [0.15, 0.2) is 0 Å². The van der Waals surface area contributed by atoms with E-state index in [0.29, 0.717) is 17.9 Å². The molecule has 1 saturated heterocycles. The van der Waals surface area contributed by atoms with E-state index in [9.17, 15) is 19.5 Å². The maximum atomic E-state index is 12.2. The van der Waals surface area contributed by atoms with Gasteiger partial charge in [0, 0.05) is 24.3 Å². The van der Waals surface area contributed by atoms with Gasteiger partial charge in [-0.1, -0.05) is 0 Å². The third-order valence-electron chi connectivity index (χ3n) is 3.70. The lowest BCUT2D eigenvalue weighted by molar-refractivity contribution is -0.140. The maximum Gasteiger partial charge on any atom is 0.411 e. The van der Waals surface area contributed by atoms with Crippen molar-refractivity contribution in [1.82, 2.24) is 5.32 Å². The number of hydrogen-bond donors (Lipinski definition) is 3. The molecule has 1 aliphatic heterocycles. The average molecular weight is 336 g/mol. The predicted molar refractivity (Wildman–Crippen MR) is 85.0 cm³/mol. The van der Waals surface area contributed by atoms with Crippen LogP contribution in [0, 0.1) is 0 Å². The minimum atomic E-state index is -1.09. The van der Waals surface area contributed by atoms with Crippen LogP contribution >= 0.6 is 0 Å². The molecule has 1 unspecified atom stereocenters. The fraction of sp³-hybridized carbons (Fsp3) is 0.438. The Bertz CT molecular complexity index is 595. The van der Waals surface area contributed by atoms with Crippen LogP contribution in [-0.4, -0.2) is 48.9 Å². The molecule has 0 spiro atoms. The number of carboxylic acids is 1. The highest BCUT2D eigenvalue weighted by atomic mass is 16.5. The van der Waals surface area contributed by atoms with Crippen LogP contribution in [0.25, 0.3) is 0 Å². The fourth-order valence-corrected chi connectivity index (χ4v) is 2.43. The van der Waals surface area contributed by atoms with Gasteiger partial charge in [0.1, 0.15) is 6.04 Å². The predicted octanol–water partition coefficient (Wildman–Crippen LogP) is 1.62. The van der Waals surface area contributed by atoms with Gasteiger partial charge in [0.05, 0.1) is 13.2 Å². The van der Waals surface area contributed by atoms with Gasteiger partial charge in [-0.25, -0.2) is 9.59 Å². The lowest BCUT2D eigenvalue weighted by Crippen LogP contribution is -2.42. The van der Waals surface area contributed by atoms with Crippen molar-refractivity contribution in [3.05, 3.63) is 29.8 Å². The number of nitrogens with one attached hydrogen (secondary N) is 2. The minimum absolute atomic E-state index is 0.141. The summed E-state index contributed by atoms with van der Waals surface area (Å²) in [6.45, 7) is 0.625. The molecule has 3 N–H and O–H groups in total. The number of carboxylic acid groups (broad SMARTS) is 1. The molecule has 24 heavy (non-hydrogen) atoms. The average Bonchev–Trinajstić information content (AvgIpc) is 3.07. The molecule has 0 bridgehead atoms. The second-order valence-electron chi connectivity index (χ2n) is 5.43. The molecule has 0 aliphatic carbocycles. The maximum absolute atomic E-state index is 12.2. The molecule has 2 amide bonds. The molecular formula is C16H20N2O6. The summed E-state index contributed by atoms with van der Waals surface area (Å²) >= 11 is 0. The fourth-order valence-electron chi connectivity index (χ4n) is 2.43. The normalized spacial score (nSPS) is 17.8. The third kappa shape index (κ3) is 4.95. The molecule has 8 nitrogen and oxygen atoms in total. The molecule has 1 heterocycles. The van der Waals surface area contributed by atoms with E-state index < -0.39 is 24.0 Å². The molecule has 0 saturated carbocycles. The summed E-state index contributed by atoms with van der Waals surface area (Å²) < 4.78 is 9.89. The van der Waals surface area contributed by atoms with Gasteiger partial charge in [0.25, 0.3) is 5.91 Å².